The Morgan fingerprint density at radius 2 is 1.69 bits per heavy atom. The summed E-state index contributed by atoms with van der Waals surface area (Å²) in [6.07, 6.45) is 6.21. The van der Waals surface area contributed by atoms with Crippen molar-refractivity contribution in [3.8, 4) is 0 Å². The molecule has 0 aliphatic heterocycles. The minimum Gasteiger partial charge on any atom is -0.389 e. The van der Waals surface area contributed by atoms with Crippen LogP contribution in [0.25, 0.3) is 0 Å². The molecule has 0 aromatic carbocycles. The molecule has 0 amide bonds. The van der Waals surface area contributed by atoms with Gasteiger partial charge in [0.2, 0.25) is 0 Å². The lowest BCUT2D eigenvalue weighted by Crippen LogP contribution is -2.49. The monoisotopic (exact) mass is 182 g/mol. The van der Waals surface area contributed by atoms with E-state index in [4.69, 9.17) is 0 Å². The van der Waals surface area contributed by atoms with E-state index in [0.717, 1.165) is 18.8 Å². The second-order valence-electron chi connectivity index (χ2n) is 5.22. The molecule has 2 aliphatic carbocycles. The van der Waals surface area contributed by atoms with Crippen molar-refractivity contribution in [2.75, 3.05) is 0 Å². The first kappa shape index (κ1) is 9.51. The van der Waals surface area contributed by atoms with E-state index in [1.165, 1.54) is 19.3 Å². The van der Waals surface area contributed by atoms with Crippen LogP contribution in [0.4, 0.5) is 0 Å². The topological polar surface area (TPSA) is 20.2 Å². The molecule has 0 aromatic rings. The van der Waals surface area contributed by atoms with Crippen LogP contribution in [0.1, 0.15) is 52.9 Å². The van der Waals surface area contributed by atoms with Gasteiger partial charge in [0.15, 0.2) is 0 Å². The lowest BCUT2D eigenvalue weighted by Gasteiger charge is -2.48. The molecule has 2 aliphatic rings. The van der Waals surface area contributed by atoms with Crippen molar-refractivity contribution in [2.24, 2.45) is 17.3 Å². The smallest absolute Gasteiger partial charge is 0.0706 e. The lowest BCUT2D eigenvalue weighted by atomic mass is 9.61. The maximum atomic E-state index is 10.6. The molecular formula is C12H22O. The third-order valence-electron chi connectivity index (χ3n) is 5.28. The molecule has 1 nitrogen and oxygen atoms in total. The molecule has 3 atom stereocenters. The molecule has 0 radical (unpaired) electrons. The molecular weight excluding hydrogens is 160 g/mol. The van der Waals surface area contributed by atoms with E-state index in [2.05, 4.69) is 20.8 Å². The van der Waals surface area contributed by atoms with Crippen molar-refractivity contribution in [1.29, 1.82) is 0 Å². The first-order chi connectivity index (χ1) is 6.08. The molecule has 76 valence electrons. The maximum absolute atomic E-state index is 10.6. The van der Waals surface area contributed by atoms with Crippen LogP contribution in [0.3, 0.4) is 0 Å². The molecule has 1 N–H and O–H groups in total. The normalized spacial score (nSPS) is 47.1. The Balaban J connectivity index is 2.36. The molecule has 2 bridgehead atoms. The Morgan fingerprint density at radius 3 is 2.00 bits per heavy atom. The minimum atomic E-state index is -0.376. The zero-order valence-corrected chi connectivity index (χ0v) is 9.14. The molecule has 3 unspecified atom stereocenters. The molecule has 1 heteroatoms. The van der Waals surface area contributed by atoms with Crippen molar-refractivity contribution >= 4 is 0 Å². The summed E-state index contributed by atoms with van der Waals surface area (Å²) in [6, 6.07) is 0. The Morgan fingerprint density at radius 1 is 1.15 bits per heavy atom. The fraction of sp³-hybridized carbons (Fsp3) is 1.00. The van der Waals surface area contributed by atoms with Crippen LogP contribution >= 0.6 is 0 Å². The van der Waals surface area contributed by atoms with E-state index < -0.39 is 0 Å². The quantitative estimate of drug-likeness (QED) is 0.696. The van der Waals surface area contributed by atoms with Crippen molar-refractivity contribution in [3.63, 3.8) is 0 Å². The van der Waals surface area contributed by atoms with Gasteiger partial charge in [0, 0.05) is 5.41 Å². The third kappa shape index (κ3) is 0.918. The van der Waals surface area contributed by atoms with Gasteiger partial charge >= 0.3 is 0 Å². The summed E-state index contributed by atoms with van der Waals surface area (Å²) >= 11 is 0. The van der Waals surface area contributed by atoms with Gasteiger partial charge < -0.3 is 5.11 Å². The standard InChI is InChI=1S/C12H22O/c1-4-12(5-2)10-7-6-9(8-10)11(12,3)13/h9-10,13H,4-8H2,1-3H3. The van der Waals surface area contributed by atoms with E-state index in [-0.39, 0.29) is 11.0 Å². The Hall–Kier alpha value is -0.0400. The van der Waals surface area contributed by atoms with Crippen LogP contribution in [0.2, 0.25) is 0 Å². The van der Waals surface area contributed by atoms with E-state index in [9.17, 15) is 5.11 Å². The average molecular weight is 182 g/mol. The summed E-state index contributed by atoms with van der Waals surface area (Å²) in [5, 5.41) is 10.6. The molecule has 2 rings (SSSR count). The van der Waals surface area contributed by atoms with Gasteiger partial charge in [0.25, 0.3) is 0 Å². The number of hydrogen-bond donors (Lipinski definition) is 1. The van der Waals surface area contributed by atoms with E-state index in [0.29, 0.717) is 5.92 Å². The molecule has 13 heavy (non-hydrogen) atoms. The van der Waals surface area contributed by atoms with Gasteiger partial charge in [-0.25, -0.2) is 0 Å². The largest absolute Gasteiger partial charge is 0.389 e. The van der Waals surface area contributed by atoms with E-state index in [1.807, 2.05) is 0 Å². The minimum absolute atomic E-state index is 0.246. The van der Waals surface area contributed by atoms with Crippen LogP contribution in [0, 0.1) is 17.3 Å². The summed E-state index contributed by atoms with van der Waals surface area (Å²) in [6.45, 7) is 6.58. The molecule has 0 saturated heterocycles. The van der Waals surface area contributed by atoms with Crippen LogP contribution in [-0.4, -0.2) is 10.7 Å². The van der Waals surface area contributed by atoms with E-state index in [1.54, 1.807) is 0 Å². The number of hydrogen-bond acceptors (Lipinski definition) is 1. The maximum Gasteiger partial charge on any atom is 0.0706 e. The SMILES string of the molecule is CCC1(CC)C2CCC(C2)C1(C)O. The Bertz CT molecular complexity index is 203. The predicted molar refractivity (Wildman–Crippen MR) is 54.5 cm³/mol. The van der Waals surface area contributed by atoms with Gasteiger partial charge in [-0.3, -0.25) is 0 Å². The zero-order valence-electron chi connectivity index (χ0n) is 9.14. The fourth-order valence-corrected chi connectivity index (χ4v) is 4.36. The van der Waals surface area contributed by atoms with Gasteiger partial charge in [-0.15, -0.1) is 0 Å². The highest BCUT2D eigenvalue weighted by Gasteiger charge is 2.62. The Labute approximate surface area is 81.5 Å². The van der Waals surface area contributed by atoms with Crippen molar-refractivity contribution < 1.29 is 5.11 Å². The number of rotatable bonds is 2. The van der Waals surface area contributed by atoms with Crippen LogP contribution < -0.4 is 0 Å². The van der Waals surface area contributed by atoms with Gasteiger partial charge in [-0.05, 0) is 50.9 Å². The summed E-state index contributed by atoms with van der Waals surface area (Å²) in [7, 11) is 0. The molecule has 0 aromatic heterocycles. The summed E-state index contributed by atoms with van der Waals surface area (Å²) < 4.78 is 0. The highest BCUT2D eigenvalue weighted by atomic mass is 16.3. The number of aliphatic hydroxyl groups is 1. The highest BCUT2D eigenvalue weighted by Crippen LogP contribution is 2.64. The first-order valence-electron chi connectivity index (χ1n) is 5.81. The van der Waals surface area contributed by atoms with Gasteiger partial charge in [-0.1, -0.05) is 13.8 Å². The molecule has 0 spiro atoms. The second-order valence-corrected chi connectivity index (χ2v) is 5.22. The number of fused-ring (bicyclic) bond motifs is 2. The van der Waals surface area contributed by atoms with Crippen molar-refractivity contribution in [1.82, 2.24) is 0 Å². The second kappa shape index (κ2) is 2.73. The first-order valence-corrected chi connectivity index (χ1v) is 5.81. The summed E-state index contributed by atoms with van der Waals surface area (Å²) in [5.74, 6) is 1.40. The Kier molecular flexibility index (Phi) is 1.99. The van der Waals surface area contributed by atoms with Crippen molar-refractivity contribution in [2.45, 2.75) is 58.5 Å². The summed E-state index contributed by atoms with van der Waals surface area (Å²) in [4.78, 5) is 0. The highest BCUT2D eigenvalue weighted by molar-refractivity contribution is 5.12. The fourth-order valence-electron chi connectivity index (χ4n) is 4.36. The lowest BCUT2D eigenvalue weighted by molar-refractivity contribution is -0.114. The third-order valence-corrected chi connectivity index (χ3v) is 5.28. The molecule has 0 heterocycles. The average Bonchev–Trinajstić information content (AvgIpc) is 2.62. The van der Waals surface area contributed by atoms with E-state index >= 15 is 0 Å². The van der Waals surface area contributed by atoms with Crippen LogP contribution in [0.15, 0.2) is 0 Å². The summed E-state index contributed by atoms with van der Waals surface area (Å²) in [5.41, 5.74) is -0.130. The van der Waals surface area contributed by atoms with Gasteiger partial charge in [0.1, 0.15) is 0 Å². The molecule has 2 fully saturated rings. The zero-order chi connectivity index (χ0) is 9.69. The van der Waals surface area contributed by atoms with Gasteiger partial charge in [-0.2, -0.15) is 0 Å². The van der Waals surface area contributed by atoms with Crippen LogP contribution in [-0.2, 0) is 0 Å². The van der Waals surface area contributed by atoms with Gasteiger partial charge in [0.05, 0.1) is 5.60 Å². The predicted octanol–water partition coefficient (Wildman–Crippen LogP) is 2.97. The van der Waals surface area contributed by atoms with Crippen LogP contribution in [0.5, 0.6) is 0 Å². The van der Waals surface area contributed by atoms with Crippen molar-refractivity contribution in [3.05, 3.63) is 0 Å². The molecule has 2 saturated carbocycles.